The van der Waals surface area contributed by atoms with Crippen molar-refractivity contribution in [2.75, 3.05) is 0 Å². The van der Waals surface area contributed by atoms with Crippen molar-refractivity contribution in [2.45, 2.75) is 236 Å². The summed E-state index contributed by atoms with van der Waals surface area (Å²) in [5.41, 5.74) is 4.62. The van der Waals surface area contributed by atoms with Crippen molar-refractivity contribution in [3.63, 3.8) is 0 Å². The Morgan fingerprint density at radius 2 is 0.462 bits per heavy atom. The molecule has 3 heteroatoms. The van der Waals surface area contributed by atoms with Crippen LogP contribution in [-0.4, -0.2) is 15.0 Å². The molecule has 4 aliphatic rings. The fourth-order valence-electron chi connectivity index (χ4n) is 13.0. The minimum absolute atomic E-state index is 0. The van der Waals surface area contributed by atoms with Crippen LogP contribution < -0.4 is 0 Å². The summed E-state index contributed by atoms with van der Waals surface area (Å²) in [5, 5.41) is 0. The standard InChI is InChI=1S/C30H56.C18H33N3.CH4/c1-23(2,3)13-27-17-28(14-24(4,5)6)20-29(18-27,15-25(7,8)9)22-30(19-27,21-28)16-26(10,11)12;1-16(2,3)10-13-19-14(11-17(4,5)6)21-15(20-13)12-18(7,8)9;/h13-22H2,1-12H3;10-12H2,1-9H3;1H4. The summed E-state index contributed by atoms with van der Waals surface area (Å²) in [6.45, 7) is 50.1. The summed E-state index contributed by atoms with van der Waals surface area (Å²) in [5.74, 6) is 2.82. The molecule has 1 heterocycles. The van der Waals surface area contributed by atoms with Crippen LogP contribution in [0, 0.1) is 59.6 Å². The minimum atomic E-state index is 0. The van der Waals surface area contributed by atoms with E-state index in [2.05, 4.69) is 145 Å². The van der Waals surface area contributed by atoms with Gasteiger partial charge in [0.2, 0.25) is 0 Å². The van der Waals surface area contributed by atoms with Gasteiger partial charge in [-0.05, 0) is 124 Å². The summed E-state index contributed by atoms with van der Waals surface area (Å²) in [6.07, 6.45) is 17.5. The Hall–Kier alpha value is -0.990. The number of rotatable bonds is 7. The summed E-state index contributed by atoms with van der Waals surface area (Å²) < 4.78 is 0. The highest BCUT2D eigenvalue weighted by molar-refractivity contribution is 5.19. The molecule has 0 spiro atoms. The molecular formula is C49H93N3. The topological polar surface area (TPSA) is 38.7 Å². The van der Waals surface area contributed by atoms with Crippen LogP contribution in [0.3, 0.4) is 0 Å². The molecular weight excluding hydrogens is 631 g/mol. The van der Waals surface area contributed by atoms with Crippen molar-refractivity contribution in [3.8, 4) is 0 Å². The van der Waals surface area contributed by atoms with Crippen molar-refractivity contribution < 1.29 is 0 Å². The predicted molar refractivity (Wildman–Crippen MR) is 230 cm³/mol. The van der Waals surface area contributed by atoms with Gasteiger partial charge in [0.25, 0.3) is 0 Å². The van der Waals surface area contributed by atoms with E-state index in [0.29, 0.717) is 43.3 Å². The quantitative estimate of drug-likeness (QED) is 0.281. The molecule has 0 N–H and O–H groups in total. The monoisotopic (exact) mass is 724 g/mol. The third kappa shape index (κ3) is 15.3. The molecule has 1 aromatic rings. The predicted octanol–water partition coefficient (Wildman–Crippen LogP) is 15.3. The maximum Gasteiger partial charge on any atom is 0.133 e. The SMILES string of the molecule is C.CC(C)(C)CC12CC3(CC(C)(C)C)CC(CC(C)(C)C)(C1)CC(CC(C)(C)C)(C2)C3.CC(C)(C)Cc1nc(CC(C)(C)C)nc(CC(C)(C)C)n1. The third-order valence-electron chi connectivity index (χ3n) is 11.0. The minimum Gasteiger partial charge on any atom is -0.218 e. The normalized spacial score (nSPS) is 28.3. The molecule has 0 unspecified atom stereocenters. The zero-order valence-corrected chi connectivity index (χ0v) is 38.5. The van der Waals surface area contributed by atoms with E-state index in [1.54, 1.807) is 0 Å². The van der Waals surface area contributed by atoms with Crippen molar-refractivity contribution in [3.05, 3.63) is 17.5 Å². The Bertz CT molecular complexity index is 1080. The van der Waals surface area contributed by atoms with Gasteiger partial charge in [-0.3, -0.25) is 0 Å². The van der Waals surface area contributed by atoms with Crippen LogP contribution in [0.15, 0.2) is 0 Å². The van der Waals surface area contributed by atoms with Crippen LogP contribution in [0.4, 0.5) is 0 Å². The van der Waals surface area contributed by atoms with Crippen molar-refractivity contribution in [1.82, 2.24) is 15.0 Å². The van der Waals surface area contributed by atoms with E-state index in [1.165, 1.54) is 64.2 Å². The summed E-state index contributed by atoms with van der Waals surface area (Å²) in [6, 6.07) is 0. The largest absolute Gasteiger partial charge is 0.218 e. The zero-order chi connectivity index (χ0) is 39.5. The van der Waals surface area contributed by atoms with E-state index in [9.17, 15) is 0 Å². The lowest BCUT2D eigenvalue weighted by atomic mass is 9.31. The maximum atomic E-state index is 4.71. The molecule has 4 saturated carbocycles. The van der Waals surface area contributed by atoms with E-state index in [0.717, 1.165) is 36.7 Å². The van der Waals surface area contributed by atoms with E-state index in [-0.39, 0.29) is 23.7 Å². The summed E-state index contributed by atoms with van der Waals surface area (Å²) in [4.78, 5) is 14.1. The lowest BCUT2D eigenvalue weighted by molar-refractivity contribution is -0.232. The van der Waals surface area contributed by atoms with Gasteiger partial charge in [0.15, 0.2) is 0 Å². The van der Waals surface area contributed by atoms with Gasteiger partial charge in [-0.2, -0.15) is 0 Å². The van der Waals surface area contributed by atoms with Gasteiger partial charge in [-0.15, -0.1) is 0 Å². The second-order valence-electron chi connectivity index (χ2n) is 27.8. The van der Waals surface area contributed by atoms with Crippen LogP contribution in [0.25, 0.3) is 0 Å². The van der Waals surface area contributed by atoms with Crippen molar-refractivity contribution >= 4 is 0 Å². The molecule has 4 bridgehead atoms. The van der Waals surface area contributed by atoms with Gasteiger partial charge in [0.05, 0.1) is 0 Å². The molecule has 4 fully saturated rings. The van der Waals surface area contributed by atoms with Gasteiger partial charge < -0.3 is 0 Å². The Balaban J connectivity index is 0.000000377. The molecule has 0 aliphatic heterocycles. The first-order chi connectivity index (χ1) is 22.3. The smallest absolute Gasteiger partial charge is 0.133 e. The molecule has 0 radical (unpaired) electrons. The molecule has 3 nitrogen and oxygen atoms in total. The zero-order valence-electron chi connectivity index (χ0n) is 38.5. The highest BCUT2D eigenvalue weighted by Gasteiger charge is 2.68. The highest BCUT2D eigenvalue weighted by Crippen LogP contribution is 2.79. The average molecular weight is 724 g/mol. The lowest BCUT2D eigenvalue weighted by Crippen LogP contribution is -2.63. The third-order valence-corrected chi connectivity index (χ3v) is 11.0. The van der Waals surface area contributed by atoms with Crippen LogP contribution in [0.5, 0.6) is 0 Å². The fraction of sp³-hybridized carbons (Fsp3) is 0.939. The van der Waals surface area contributed by atoms with Crippen molar-refractivity contribution in [1.29, 1.82) is 0 Å². The number of nitrogens with zero attached hydrogens (tertiary/aromatic N) is 3. The first-order valence-electron chi connectivity index (χ1n) is 21.0. The van der Waals surface area contributed by atoms with Crippen LogP contribution in [0.1, 0.15) is 235 Å². The molecule has 4 aliphatic carbocycles. The van der Waals surface area contributed by atoms with E-state index >= 15 is 0 Å². The second kappa shape index (κ2) is 14.8. The fourth-order valence-corrected chi connectivity index (χ4v) is 13.0. The number of hydrogen-bond acceptors (Lipinski definition) is 3. The van der Waals surface area contributed by atoms with Gasteiger partial charge in [0, 0.05) is 19.3 Å². The Morgan fingerprint density at radius 1 is 0.308 bits per heavy atom. The Labute approximate surface area is 327 Å². The molecule has 0 amide bonds. The second-order valence-corrected chi connectivity index (χ2v) is 27.8. The average Bonchev–Trinajstić information content (AvgIpc) is 2.67. The first-order valence-corrected chi connectivity index (χ1v) is 21.0. The van der Waals surface area contributed by atoms with E-state index < -0.39 is 0 Å². The number of aromatic nitrogens is 3. The Kier molecular flexibility index (Phi) is 13.4. The Morgan fingerprint density at radius 3 is 0.577 bits per heavy atom. The lowest BCUT2D eigenvalue weighted by Gasteiger charge is -2.74. The van der Waals surface area contributed by atoms with Gasteiger partial charge >= 0.3 is 0 Å². The molecule has 304 valence electrons. The molecule has 0 atom stereocenters. The molecule has 0 aromatic carbocycles. The van der Waals surface area contributed by atoms with Gasteiger partial charge in [-0.25, -0.2) is 15.0 Å². The summed E-state index contributed by atoms with van der Waals surface area (Å²) >= 11 is 0. The molecule has 1 aromatic heterocycles. The van der Waals surface area contributed by atoms with Gasteiger partial charge in [0.1, 0.15) is 17.5 Å². The summed E-state index contributed by atoms with van der Waals surface area (Å²) in [7, 11) is 0. The van der Waals surface area contributed by atoms with Crippen LogP contribution in [0.2, 0.25) is 0 Å². The van der Waals surface area contributed by atoms with Gasteiger partial charge in [-0.1, -0.05) is 153 Å². The molecule has 52 heavy (non-hydrogen) atoms. The molecule has 5 rings (SSSR count). The van der Waals surface area contributed by atoms with Crippen LogP contribution in [-0.2, 0) is 19.3 Å². The number of hydrogen-bond donors (Lipinski definition) is 0. The van der Waals surface area contributed by atoms with E-state index in [1.807, 2.05) is 0 Å². The first kappa shape index (κ1) is 47.2. The van der Waals surface area contributed by atoms with Crippen LogP contribution >= 0.6 is 0 Å². The molecule has 0 saturated heterocycles. The highest BCUT2D eigenvalue weighted by atomic mass is 15.0. The van der Waals surface area contributed by atoms with Crippen molar-refractivity contribution in [2.24, 2.45) is 59.6 Å². The maximum absolute atomic E-state index is 4.71. The van der Waals surface area contributed by atoms with E-state index in [4.69, 9.17) is 15.0 Å².